The number of alkyl halides is 1. The van der Waals surface area contributed by atoms with E-state index in [1.807, 2.05) is 7.05 Å². The minimum absolute atomic E-state index is 0.137. The van der Waals surface area contributed by atoms with Gasteiger partial charge in [0.05, 0.1) is 5.88 Å². The third kappa shape index (κ3) is 2.98. The second kappa shape index (κ2) is 5.85. The maximum Gasteiger partial charge on any atom is 0.244 e. The van der Waals surface area contributed by atoms with E-state index < -0.39 is 10.0 Å². The summed E-state index contributed by atoms with van der Waals surface area (Å²) in [5, 5.41) is 0. The lowest BCUT2D eigenvalue weighted by molar-refractivity contribution is 0.286. The highest BCUT2D eigenvalue weighted by Crippen LogP contribution is 2.27. The van der Waals surface area contributed by atoms with Crippen LogP contribution in [0.25, 0.3) is 0 Å². The van der Waals surface area contributed by atoms with Crippen molar-refractivity contribution in [2.45, 2.75) is 48.9 Å². The van der Waals surface area contributed by atoms with Gasteiger partial charge in [0.2, 0.25) is 10.0 Å². The van der Waals surface area contributed by atoms with Crippen LogP contribution < -0.4 is 0 Å². The lowest BCUT2D eigenvalue weighted by Gasteiger charge is -2.30. The summed E-state index contributed by atoms with van der Waals surface area (Å²) in [7, 11) is 0.113. The molecule has 0 spiro atoms. The standard InChI is InChI=1S/C13H21ClN2O2S/c1-15-10-13(8-12(15)9-14)19(17,18)16(2)11-6-4-3-5-7-11/h8,10-11H,3-7,9H2,1-2H3. The van der Waals surface area contributed by atoms with E-state index in [0.29, 0.717) is 10.8 Å². The summed E-state index contributed by atoms with van der Waals surface area (Å²) in [6.07, 6.45) is 7.02. The molecule has 1 aromatic rings. The van der Waals surface area contributed by atoms with Gasteiger partial charge in [-0.05, 0) is 18.9 Å². The molecule has 1 fully saturated rings. The summed E-state index contributed by atoms with van der Waals surface area (Å²) in [5.41, 5.74) is 0.817. The molecule has 0 aliphatic heterocycles. The SMILES string of the molecule is CN(C1CCCCC1)S(=O)(=O)c1cc(CCl)n(C)c1. The Bertz CT molecular complexity index is 533. The van der Waals surface area contributed by atoms with Gasteiger partial charge in [0, 0.05) is 32.0 Å². The second-order valence-electron chi connectivity index (χ2n) is 5.22. The van der Waals surface area contributed by atoms with Crippen molar-refractivity contribution in [2.24, 2.45) is 7.05 Å². The van der Waals surface area contributed by atoms with Crippen molar-refractivity contribution in [1.82, 2.24) is 8.87 Å². The van der Waals surface area contributed by atoms with Crippen LogP contribution in [0.2, 0.25) is 0 Å². The van der Waals surface area contributed by atoms with Crippen LogP contribution >= 0.6 is 11.6 Å². The Morgan fingerprint density at radius 3 is 2.53 bits per heavy atom. The summed E-state index contributed by atoms with van der Waals surface area (Å²) < 4.78 is 28.5. The van der Waals surface area contributed by atoms with Crippen molar-refractivity contribution in [2.75, 3.05) is 7.05 Å². The molecule has 0 bridgehead atoms. The van der Waals surface area contributed by atoms with Gasteiger partial charge in [0.1, 0.15) is 4.90 Å². The minimum Gasteiger partial charge on any atom is -0.352 e. The van der Waals surface area contributed by atoms with Crippen LogP contribution in [0.1, 0.15) is 37.8 Å². The molecule has 108 valence electrons. The number of rotatable bonds is 4. The van der Waals surface area contributed by atoms with Gasteiger partial charge in [-0.2, -0.15) is 4.31 Å². The summed E-state index contributed by atoms with van der Waals surface area (Å²) in [4.78, 5) is 0.346. The van der Waals surface area contributed by atoms with Crippen molar-refractivity contribution in [3.05, 3.63) is 18.0 Å². The highest BCUT2D eigenvalue weighted by atomic mass is 35.5. The highest BCUT2D eigenvalue weighted by Gasteiger charge is 2.29. The van der Waals surface area contributed by atoms with Gasteiger partial charge < -0.3 is 4.57 Å². The molecule has 6 heteroatoms. The van der Waals surface area contributed by atoms with Crippen LogP contribution in [-0.4, -0.2) is 30.4 Å². The molecule has 1 heterocycles. The van der Waals surface area contributed by atoms with E-state index in [4.69, 9.17) is 11.6 Å². The van der Waals surface area contributed by atoms with Crippen LogP contribution in [0.15, 0.2) is 17.2 Å². The average Bonchev–Trinajstić information content (AvgIpc) is 2.81. The fourth-order valence-electron chi connectivity index (χ4n) is 2.66. The van der Waals surface area contributed by atoms with E-state index in [-0.39, 0.29) is 6.04 Å². The van der Waals surface area contributed by atoms with Crippen molar-refractivity contribution < 1.29 is 8.42 Å². The number of aromatic nitrogens is 1. The fraction of sp³-hybridized carbons (Fsp3) is 0.692. The van der Waals surface area contributed by atoms with Gasteiger partial charge in [0.15, 0.2) is 0 Å². The number of halogens is 1. The summed E-state index contributed by atoms with van der Waals surface area (Å²) in [5.74, 6) is 0.319. The Kier molecular flexibility index (Phi) is 4.58. The molecule has 0 atom stereocenters. The smallest absolute Gasteiger partial charge is 0.244 e. The molecule has 4 nitrogen and oxygen atoms in total. The minimum atomic E-state index is -3.40. The topological polar surface area (TPSA) is 42.3 Å². The summed E-state index contributed by atoms with van der Waals surface area (Å²) in [6.45, 7) is 0. The summed E-state index contributed by atoms with van der Waals surface area (Å²) in [6, 6.07) is 1.81. The number of hydrogen-bond donors (Lipinski definition) is 0. The zero-order chi connectivity index (χ0) is 14.0. The largest absolute Gasteiger partial charge is 0.352 e. The van der Waals surface area contributed by atoms with Crippen molar-refractivity contribution in [3.8, 4) is 0 Å². The Morgan fingerprint density at radius 2 is 2.00 bits per heavy atom. The molecule has 0 radical (unpaired) electrons. The van der Waals surface area contributed by atoms with E-state index in [9.17, 15) is 8.42 Å². The maximum absolute atomic E-state index is 12.6. The molecule has 1 saturated carbocycles. The Morgan fingerprint density at radius 1 is 1.37 bits per heavy atom. The molecule has 1 aliphatic rings. The van der Waals surface area contributed by atoms with Gasteiger partial charge in [-0.15, -0.1) is 11.6 Å². The van der Waals surface area contributed by atoms with Crippen LogP contribution in [-0.2, 0) is 23.0 Å². The van der Waals surface area contributed by atoms with Gasteiger partial charge in [0.25, 0.3) is 0 Å². The highest BCUT2D eigenvalue weighted by molar-refractivity contribution is 7.89. The number of hydrogen-bond acceptors (Lipinski definition) is 2. The Labute approximate surface area is 120 Å². The molecule has 0 aromatic carbocycles. The fourth-order valence-corrected chi connectivity index (χ4v) is 4.44. The predicted molar refractivity (Wildman–Crippen MR) is 76.8 cm³/mol. The first-order valence-corrected chi connectivity index (χ1v) is 8.63. The molecule has 1 aromatic heterocycles. The van der Waals surface area contributed by atoms with E-state index >= 15 is 0 Å². The van der Waals surface area contributed by atoms with E-state index in [2.05, 4.69) is 0 Å². The molecule has 1 aliphatic carbocycles. The van der Waals surface area contributed by atoms with E-state index in [0.717, 1.165) is 31.4 Å². The molecule has 19 heavy (non-hydrogen) atoms. The molecule has 0 N–H and O–H groups in total. The normalized spacial score (nSPS) is 18.1. The molecule has 0 amide bonds. The van der Waals surface area contributed by atoms with Gasteiger partial charge in [-0.3, -0.25) is 0 Å². The van der Waals surface area contributed by atoms with Gasteiger partial charge >= 0.3 is 0 Å². The molecular formula is C13H21ClN2O2S. The second-order valence-corrected chi connectivity index (χ2v) is 7.49. The first-order chi connectivity index (χ1) is 8.96. The third-order valence-electron chi connectivity index (χ3n) is 3.99. The molecule has 0 saturated heterocycles. The predicted octanol–water partition coefficient (Wildman–Crippen LogP) is 2.72. The van der Waals surface area contributed by atoms with Crippen LogP contribution in [0.5, 0.6) is 0 Å². The average molecular weight is 305 g/mol. The van der Waals surface area contributed by atoms with Crippen molar-refractivity contribution >= 4 is 21.6 Å². The zero-order valence-electron chi connectivity index (χ0n) is 11.5. The van der Waals surface area contributed by atoms with Crippen molar-refractivity contribution in [1.29, 1.82) is 0 Å². The number of sulfonamides is 1. The Hall–Kier alpha value is -0.520. The van der Waals surface area contributed by atoms with Gasteiger partial charge in [-0.1, -0.05) is 19.3 Å². The van der Waals surface area contributed by atoms with E-state index in [1.165, 1.54) is 6.42 Å². The maximum atomic E-state index is 12.6. The Balaban J connectivity index is 2.24. The quantitative estimate of drug-likeness (QED) is 0.803. The zero-order valence-corrected chi connectivity index (χ0v) is 13.0. The monoisotopic (exact) mass is 304 g/mol. The lowest BCUT2D eigenvalue weighted by atomic mass is 9.96. The molecule has 2 rings (SSSR count). The first kappa shape index (κ1) is 14.9. The van der Waals surface area contributed by atoms with Crippen LogP contribution in [0, 0.1) is 0 Å². The first-order valence-electron chi connectivity index (χ1n) is 6.66. The number of nitrogens with zero attached hydrogens (tertiary/aromatic N) is 2. The van der Waals surface area contributed by atoms with E-state index in [1.54, 1.807) is 28.2 Å². The van der Waals surface area contributed by atoms with Gasteiger partial charge in [-0.25, -0.2) is 8.42 Å². The van der Waals surface area contributed by atoms with Crippen LogP contribution in [0.4, 0.5) is 0 Å². The molecular weight excluding hydrogens is 284 g/mol. The third-order valence-corrected chi connectivity index (χ3v) is 6.13. The molecule has 0 unspecified atom stereocenters. The number of aryl methyl sites for hydroxylation is 1. The van der Waals surface area contributed by atoms with Crippen molar-refractivity contribution in [3.63, 3.8) is 0 Å². The lowest BCUT2D eigenvalue weighted by Crippen LogP contribution is -2.38. The van der Waals surface area contributed by atoms with Crippen LogP contribution in [0.3, 0.4) is 0 Å². The summed E-state index contributed by atoms with van der Waals surface area (Å²) >= 11 is 5.79.